The first-order chi connectivity index (χ1) is 14.3. The van der Waals surface area contributed by atoms with Crippen molar-refractivity contribution in [2.24, 2.45) is 0 Å². The molecular formula is C24H26N2O3S. The van der Waals surface area contributed by atoms with Crippen molar-refractivity contribution in [3.63, 3.8) is 0 Å². The fourth-order valence-corrected chi connectivity index (χ4v) is 4.61. The van der Waals surface area contributed by atoms with E-state index in [-0.39, 0.29) is 17.3 Å². The molecule has 1 amide bonds. The Kier molecular flexibility index (Phi) is 6.70. The first-order valence-corrected chi connectivity index (χ1v) is 11.3. The Hall–Kier alpha value is -2.96. The van der Waals surface area contributed by atoms with Gasteiger partial charge in [0.25, 0.3) is 5.91 Å². The number of nitrogens with one attached hydrogen (secondary N) is 1. The van der Waals surface area contributed by atoms with Crippen LogP contribution < -0.4 is 5.32 Å². The van der Waals surface area contributed by atoms with E-state index in [9.17, 15) is 13.2 Å². The number of sulfonamides is 1. The Morgan fingerprint density at radius 3 is 2.20 bits per heavy atom. The molecule has 0 saturated heterocycles. The molecule has 0 heterocycles. The molecule has 0 fully saturated rings. The number of amides is 1. The molecular weight excluding hydrogens is 396 g/mol. The van der Waals surface area contributed by atoms with Gasteiger partial charge in [-0.3, -0.25) is 4.79 Å². The minimum atomic E-state index is -3.57. The molecule has 5 nitrogen and oxygen atoms in total. The largest absolute Gasteiger partial charge is 0.322 e. The molecule has 0 aliphatic carbocycles. The lowest BCUT2D eigenvalue weighted by atomic mass is 10.1. The van der Waals surface area contributed by atoms with E-state index in [1.807, 2.05) is 39.0 Å². The predicted octanol–water partition coefficient (Wildman–Crippen LogP) is 4.77. The minimum absolute atomic E-state index is 0.195. The van der Waals surface area contributed by atoms with Gasteiger partial charge in [0.1, 0.15) is 0 Å². The van der Waals surface area contributed by atoms with Crippen molar-refractivity contribution in [1.82, 2.24) is 4.31 Å². The lowest BCUT2D eigenvalue weighted by Crippen LogP contribution is -2.30. The molecule has 0 bridgehead atoms. The Morgan fingerprint density at radius 2 is 1.57 bits per heavy atom. The average Bonchev–Trinajstić information content (AvgIpc) is 2.76. The molecule has 0 atom stereocenters. The summed E-state index contributed by atoms with van der Waals surface area (Å²) in [5, 5.41) is 2.94. The van der Waals surface area contributed by atoms with Crippen LogP contribution in [0.4, 0.5) is 5.69 Å². The summed E-state index contributed by atoms with van der Waals surface area (Å²) in [7, 11) is -3.57. The van der Waals surface area contributed by atoms with Gasteiger partial charge >= 0.3 is 0 Å². The maximum atomic E-state index is 12.9. The molecule has 0 saturated carbocycles. The van der Waals surface area contributed by atoms with Gasteiger partial charge in [-0.1, -0.05) is 49.4 Å². The van der Waals surface area contributed by atoms with Crippen LogP contribution in [-0.4, -0.2) is 25.2 Å². The lowest BCUT2D eigenvalue weighted by molar-refractivity contribution is 0.102. The molecule has 3 aromatic rings. The van der Waals surface area contributed by atoms with Crippen LogP contribution in [0.2, 0.25) is 0 Å². The number of anilines is 1. The monoisotopic (exact) mass is 422 g/mol. The van der Waals surface area contributed by atoms with Gasteiger partial charge in [-0.15, -0.1) is 0 Å². The fourth-order valence-electron chi connectivity index (χ4n) is 3.15. The molecule has 3 rings (SSSR count). The van der Waals surface area contributed by atoms with E-state index in [1.165, 1.54) is 4.31 Å². The highest BCUT2D eigenvalue weighted by Gasteiger charge is 2.23. The number of benzene rings is 3. The predicted molar refractivity (Wildman–Crippen MR) is 120 cm³/mol. The van der Waals surface area contributed by atoms with Crippen LogP contribution in [0.25, 0.3) is 0 Å². The summed E-state index contributed by atoms with van der Waals surface area (Å²) in [4.78, 5) is 12.9. The normalized spacial score (nSPS) is 11.5. The second-order valence-electron chi connectivity index (χ2n) is 7.14. The van der Waals surface area contributed by atoms with Crippen molar-refractivity contribution in [3.8, 4) is 0 Å². The van der Waals surface area contributed by atoms with Crippen molar-refractivity contribution < 1.29 is 13.2 Å². The second-order valence-corrected chi connectivity index (χ2v) is 9.08. The van der Waals surface area contributed by atoms with Gasteiger partial charge in [-0.2, -0.15) is 4.31 Å². The number of carbonyl (C=O) groups is 1. The Balaban J connectivity index is 1.73. The van der Waals surface area contributed by atoms with E-state index >= 15 is 0 Å². The van der Waals surface area contributed by atoms with Gasteiger partial charge in [0.2, 0.25) is 10.0 Å². The number of rotatable bonds is 7. The standard InChI is InChI=1S/C24H26N2O3S/c1-4-26(30(28,29)22-10-6-5-7-11-22)17-20-13-15-21(16-14-20)24(27)25-23-12-8-9-18(2)19(23)3/h5-16H,4,17H2,1-3H3,(H,25,27). The zero-order valence-corrected chi connectivity index (χ0v) is 18.2. The van der Waals surface area contributed by atoms with Crippen molar-refractivity contribution in [3.05, 3.63) is 95.1 Å². The van der Waals surface area contributed by atoms with Crippen molar-refractivity contribution in [2.75, 3.05) is 11.9 Å². The summed E-state index contributed by atoms with van der Waals surface area (Å²) in [6.07, 6.45) is 0. The molecule has 1 N–H and O–H groups in total. The third-order valence-corrected chi connectivity index (χ3v) is 7.10. The number of aryl methyl sites for hydroxylation is 1. The van der Waals surface area contributed by atoms with Gasteiger partial charge in [0, 0.05) is 24.3 Å². The van der Waals surface area contributed by atoms with Gasteiger partial charge < -0.3 is 5.32 Å². The van der Waals surface area contributed by atoms with Crippen LogP contribution in [0, 0.1) is 13.8 Å². The number of hydrogen-bond acceptors (Lipinski definition) is 3. The third-order valence-electron chi connectivity index (χ3n) is 5.16. The van der Waals surface area contributed by atoms with Crippen molar-refractivity contribution in [1.29, 1.82) is 0 Å². The second kappa shape index (κ2) is 9.24. The zero-order chi connectivity index (χ0) is 21.7. The molecule has 0 aliphatic rings. The number of carbonyl (C=O) groups excluding carboxylic acids is 1. The number of nitrogens with zero attached hydrogens (tertiary/aromatic N) is 1. The highest BCUT2D eigenvalue weighted by atomic mass is 32.2. The molecule has 0 radical (unpaired) electrons. The summed E-state index contributed by atoms with van der Waals surface area (Å²) in [5.74, 6) is -0.195. The van der Waals surface area contributed by atoms with Gasteiger partial charge in [0.15, 0.2) is 0 Å². The smallest absolute Gasteiger partial charge is 0.255 e. The van der Waals surface area contributed by atoms with Crippen LogP contribution in [-0.2, 0) is 16.6 Å². The maximum absolute atomic E-state index is 12.9. The molecule has 6 heteroatoms. The zero-order valence-electron chi connectivity index (χ0n) is 17.4. The number of hydrogen-bond donors (Lipinski definition) is 1. The molecule has 30 heavy (non-hydrogen) atoms. The van der Waals surface area contributed by atoms with Crippen LogP contribution in [0.3, 0.4) is 0 Å². The van der Waals surface area contributed by atoms with Crippen LogP contribution in [0.15, 0.2) is 77.7 Å². The van der Waals surface area contributed by atoms with E-state index in [1.54, 1.807) is 54.6 Å². The maximum Gasteiger partial charge on any atom is 0.255 e. The Labute approximate surface area is 178 Å². The first-order valence-electron chi connectivity index (χ1n) is 9.84. The molecule has 0 spiro atoms. The summed E-state index contributed by atoms with van der Waals surface area (Å²) in [5.41, 5.74) is 4.28. The van der Waals surface area contributed by atoms with E-state index in [4.69, 9.17) is 0 Å². The summed E-state index contributed by atoms with van der Waals surface area (Å²) in [6.45, 7) is 6.38. The Morgan fingerprint density at radius 1 is 0.900 bits per heavy atom. The SMILES string of the molecule is CCN(Cc1ccc(C(=O)Nc2cccc(C)c2C)cc1)S(=O)(=O)c1ccccc1. The van der Waals surface area contributed by atoms with Crippen molar-refractivity contribution >= 4 is 21.6 Å². The van der Waals surface area contributed by atoms with E-state index in [2.05, 4.69) is 5.32 Å². The highest BCUT2D eigenvalue weighted by Crippen LogP contribution is 2.20. The van der Waals surface area contributed by atoms with Gasteiger partial charge in [0.05, 0.1) is 4.90 Å². The Bertz CT molecular complexity index is 1120. The topological polar surface area (TPSA) is 66.5 Å². The highest BCUT2D eigenvalue weighted by molar-refractivity contribution is 7.89. The molecule has 0 aliphatic heterocycles. The van der Waals surface area contributed by atoms with Crippen LogP contribution >= 0.6 is 0 Å². The van der Waals surface area contributed by atoms with Crippen molar-refractivity contribution in [2.45, 2.75) is 32.2 Å². The quantitative estimate of drug-likeness (QED) is 0.597. The van der Waals surface area contributed by atoms with E-state index in [0.717, 1.165) is 22.4 Å². The van der Waals surface area contributed by atoms with E-state index in [0.29, 0.717) is 12.1 Å². The first kappa shape index (κ1) is 21.7. The molecule has 0 aromatic heterocycles. The van der Waals surface area contributed by atoms with Gasteiger partial charge in [-0.25, -0.2) is 8.42 Å². The minimum Gasteiger partial charge on any atom is -0.322 e. The summed E-state index contributed by atoms with van der Waals surface area (Å²) in [6, 6.07) is 21.2. The molecule has 3 aromatic carbocycles. The average molecular weight is 423 g/mol. The summed E-state index contributed by atoms with van der Waals surface area (Å²) < 4.78 is 27.2. The van der Waals surface area contributed by atoms with Crippen LogP contribution in [0.1, 0.15) is 34.0 Å². The van der Waals surface area contributed by atoms with Gasteiger partial charge in [-0.05, 0) is 60.9 Å². The third kappa shape index (κ3) is 4.78. The van der Waals surface area contributed by atoms with E-state index < -0.39 is 10.0 Å². The molecule has 156 valence electrons. The van der Waals surface area contributed by atoms with Crippen LogP contribution in [0.5, 0.6) is 0 Å². The fraction of sp³-hybridized carbons (Fsp3) is 0.208. The summed E-state index contributed by atoms with van der Waals surface area (Å²) >= 11 is 0. The molecule has 0 unspecified atom stereocenters. The lowest BCUT2D eigenvalue weighted by Gasteiger charge is -2.20.